The molecule has 3 heterocycles. The van der Waals surface area contributed by atoms with E-state index >= 15 is 0 Å². The van der Waals surface area contributed by atoms with E-state index in [9.17, 15) is 22.0 Å². The molecule has 2 aromatic rings. The van der Waals surface area contributed by atoms with Gasteiger partial charge in [-0.05, 0) is 6.42 Å². The summed E-state index contributed by atoms with van der Waals surface area (Å²) >= 11 is 0. The molecule has 3 rings (SSSR count). The molecular formula is C13H14F2N4O4S. The fourth-order valence-corrected chi connectivity index (χ4v) is 4.16. The van der Waals surface area contributed by atoms with Gasteiger partial charge in [-0.1, -0.05) is 0 Å². The fourth-order valence-electron chi connectivity index (χ4n) is 2.63. The summed E-state index contributed by atoms with van der Waals surface area (Å²) in [4.78, 5) is 21.5. The molecule has 1 unspecified atom stereocenters. The van der Waals surface area contributed by atoms with E-state index in [1.54, 1.807) is 0 Å². The van der Waals surface area contributed by atoms with Crippen LogP contribution in [0.1, 0.15) is 36.0 Å². The number of hydrogen-bond acceptors (Lipinski definition) is 6. The van der Waals surface area contributed by atoms with Gasteiger partial charge in [0.2, 0.25) is 10.0 Å². The number of hydrogen-bond donors (Lipinski definition) is 1. The van der Waals surface area contributed by atoms with Crippen molar-refractivity contribution in [2.75, 3.05) is 13.1 Å². The van der Waals surface area contributed by atoms with Crippen LogP contribution in [-0.2, 0) is 15.8 Å². The molecule has 0 bridgehead atoms. The van der Waals surface area contributed by atoms with Crippen LogP contribution >= 0.6 is 0 Å². The number of nitrogens with zero attached hydrogens (tertiary/aromatic N) is 3. The fraction of sp³-hybridized carbons (Fsp3) is 0.462. The van der Waals surface area contributed by atoms with Crippen LogP contribution in [0.25, 0.3) is 0 Å². The number of halogens is 2. The number of H-pyrrole nitrogens is 1. The molecule has 1 saturated heterocycles. The summed E-state index contributed by atoms with van der Waals surface area (Å²) < 4.78 is 56.1. The molecule has 0 aliphatic carbocycles. The lowest BCUT2D eigenvalue weighted by Crippen LogP contribution is -2.30. The Labute approximate surface area is 135 Å². The molecule has 0 spiro atoms. The Morgan fingerprint density at radius 3 is 2.92 bits per heavy atom. The third-order valence-electron chi connectivity index (χ3n) is 3.81. The largest absolute Gasteiger partial charge is 0.442 e. The molecule has 2 aromatic heterocycles. The summed E-state index contributed by atoms with van der Waals surface area (Å²) in [6.07, 6.45) is -0.289. The number of sulfonamides is 1. The lowest BCUT2D eigenvalue weighted by atomic mass is 10.1. The van der Waals surface area contributed by atoms with Crippen molar-refractivity contribution in [2.24, 2.45) is 0 Å². The first kappa shape index (κ1) is 16.7. The maximum Gasteiger partial charge on any atom is 0.297 e. The predicted octanol–water partition coefficient (Wildman–Crippen LogP) is 1.01. The molecule has 1 N–H and O–H groups in total. The van der Waals surface area contributed by atoms with E-state index in [-0.39, 0.29) is 30.3 Å². The van der Waals surface area contributed by atoms with Crippen molar-refractivity contribution in [1.29, 1.82) is 0 Å². The van der Waals surface area contributed by atoms with Gasteiger partial charge >= 0.3 is 0 Å². The molecule has 0 radical (unpaired) electrons. The van der Waals surface area contributed by atoms with Gasteiger partial charge in [-0.2, -0.15) is 0 Å². The van der Waals surface area contributed by atoms with E-state index in [4.69, 9.17) is 0 Å². The molecule has 0 aromatic carbocycles. The molecule has 130 valence electrons. The predicted molar refractivity (Wildman–Crippen MR) is 77.9 cm³/mol. The Bertz CT molecular complexity index is 880. The zero-order chi connectivity index (χ0) is 17.3. The van der Waals surface area contributed by atoms with E-state index in [0.29, 0.717) is 12.2 Å². The highest BCUT2D eigenvalue weighted by Gasteiger charge is 2.35. The van der Waals surface area contributed by atoms with E-state index < -0.39 is 28.0 Å². The van der Waals surface area contributed by atoms with Crippen molar-refractivity contribution in [3.05, 3.63) is 46.3 Å². The van der Waals surface area contributed by atoms with Crippen molar-refractivity contribution in [2.45, 2.75) is 24.5 Å². The van der Waals surface area contributed by atoms with Crippen molar-refractivity contribution in [1.82, 2.24) is 19.3 Å². The summed E-state index contributed by atoms with van der Waals surface area (Å²) in [5, 5.41) is 0. The topological polar surface area (TPSA) is 109 Å². The number of oxazole rings is 1. The van der Waals surface area contributed by atoms with Gasteiger partial charge in [-0.3, -0.25) is 4.79 Å². The van der Waals surface area contributed by atoms with Gasteiger partial charge in [-0.25, -0.2) is 31.5 Å². The Morgan fingerprint density at radius 2 is 2.21 bits per heavy atom. The highest BCUT2D eigenvalue weighted by molar-refractivity contribution is 7.88. The molecule has 1 atom stereocenters. The van der Waals surface area contributed by atoms with Crippen LogP contribution < -0.4 is 5.56 Å². The first-order valence-electron chi connectivity index (χ1n) is 7.10. The number of rotatable bonds is 5. The van der Waals surface area contributed by atoms with Gasteiger partial charge in [0.05, 0.1) is 0 Å². The minimum Gasteiger partial charge on any atom is -0.442 e. The third-order valence-corrected chi connectivity index (χ3v) is 5.57. The van der Waals surface area contributed by atoms with Gasteiger partial charge in [-0.15, -0.1) is 0 Å². The third kappa shape index (κ3) is 3.36. The van der Waals surface area contributed by atoms with Gasteiger partial charge in [0.1, 0.15) is 17.3 Å². The molecule has 24 heavy (non-hydrogen) atoms. The average Bonchev–Trinajstić information content (AvgIpc) is 3.15. The first-order chi connectivity index (χ1) is 11.4. The summed E-state index contributed by atoms with van der Waals surface area (Å²) in [6, 6.07) is 1.27. The van der Waals surface area contributed by atoms with Crippen LogP contribution in [0.3, 0.4) is 0 Å². The molecule has 1 fully saturated rings. The molecule has 0 amide bonds. The zero-order valence-corrected chi connectivity index (χ0v) is 13.2. The van der Waals surface area contributed by atoms with E-state index in [1.807, 2.05) is 0 Å². The normalized spacial score (nSPS) is 19.2. The smallest absolute Gasteiger partial charge is 0.297 e. The minimum absolute atomic E-state index is 0.122. The maximum atomic E-state index is 12.8. The van der Waals surface area contributed by atoms with Gasteiger partial charge in [0, 0.05) is 31.3 Å². The van der Waals surface area contributed by atoms with E-state index in [0.717, 1.165) is 6.39 Å². The second kappa shape index (κ2) is 6.40. The highest BCUT2D eigenvalue weighted by Crippen LogP contribution is 2.29. The van der Waals surface area contributed by atoms with Crippen LogP contribution in [0.15, 0.2) is 27.9 Å². The first-order valence-corrected chi connectivity index (χ1v) is 8.71. The van der Waals surface area contributed by atoms with Crippen LogP contribution in [0.4, 0.5) is 8.78 Å². The zero-order valence-electron chi connectivity index (χ0n) is 12.4. The molecule has 0 saturated carbocycles. The Balaban J connectivity index is 1.74. The minimum atomic E-state index is -3.83. The van der Waals surface area contributed by atoms with E-state index in [1.165, 1.54) is 16.6 Å². The summed E-state index contributed by atoms with van der Waals surface area (Å²) in [5.41, 5.74) is -0.606. The lowest BCUT2D eigenvalue weighted by Gasteiger charge is -2.16. The van der Waals surface area contributed by atoms with Gasteiger partial charge in [0.25, 0.3) is 12.0 Å². The van der Waals surface area contributed by atoms with Crippen molar-refractivity contribution < 1.29 is 21.6 Å². The summed E-state index contributed by atoms with van der Waals surface area (Å²) in [5.74, 6) is -1.23. The van der Waals surface area contributed by atoms with Crippen LogP contribution in [-0.4, -0.2) is 40.8 Å². The lowest BCUT2D eigenvalue weighted by molar-refractivity contribution is 0.120. The number of aromatic amines is 1. The number of nitrogens with one attached hydrogen (secondary N) is 1. The monoisotopic (exact) mass is 360 g/mol. The van der Waals surface area contributed by atoms with Gasteiger partial charge < -0.3 is 9.40 Å². The average molecular weight is 360 g/mol. The molecule has 1 aliphatic heterocycles. The Hall–Kier alpha value is -2.14. The van der Waals surface area contributed by atoms with Crippen LogP contribution in [0.5, 0.6) is 0 Å². The van der Waals surface area contributed by atoms with E-state index in [2.05, 4.69) is 19.4 Å². The number of alkyl halides is 2. The molecular weight excluding hydrogens is 346 g/mol. The molecule has 8 nitrogen and oxygen atoms in total. The maximum absolute atomic E-state index is 12.8. The second-order valence-corrected chi connectivity index (χ2v) is 7.35. The van der Waals surface area contributed by atoms with Crippen molar-refractivity contribution in [3.8, 4) is 0 Å². The SMILES string of the molecule is O=c1ccnc(C2CCN(S(=O)(=O)Cc3ncoc3C(F)F)C2)[nH]1. The van der Waals surface area contributed by atoms with Crippen LogP contribution in [0, 0.1) is 0 Å². The summed E-state index contributed by atoms with van der Waals surface area (Å²) in [7, 11) is -3.83. The Kier molecular flexibility index (Phi) is 4.45. The quantitative estimate of drug-likeness (QED) is 0.852. The van der Waals surface area contributed by atoms with Crippen molar-refractivity contribution >= 4 is 10.0 Å². The Morgan fingerprint density at radius 1 is 1.42 bits per heavy atom. The highest BCUT2D eigenvalue weighted by atomic mass is 32.2. The standard InChI is InChI=1S/C13H14F2N4O4S/c14-12(15)11-9(17-7-23-11)6-24(21,22)19-4-2-8(5-19)13-16-3-1-10(20)18-13/h1,3,7-8,12H,2,4-6H2,(H,16,18,20). The molecule has 11 heteroatoms. The molecule has 1 aliphatic rings. The van der Waals surface area contributed by atoms with Gasteiger partial charge in [0.15, 0.2) is 12.2 Å². The number of aromatic nitrogens is 3. The summed E-state index contributed by atoms with van der Waals surface area (Å²) in [6.45, 7) is 0.338. The second-order valence-electron chi connectivity index (χ2n) is 5.38. The van der Waals surface area contributed by atoms with Crippen molar-refractivity contribution in [3.63, 3.8) is 0 Å². The van der Waals surface area contributed by atoms with Crippen LogP contribution in [0.2, 0.25) is 0 Å².